The van der Waals surface area contributed by atoms with Crippen molar-refractivity contribution >= 4 is 37.6 Å². The van der Waals surface area contributed by atoms with E-state index in [1.165, 1.54) is 0 Å². The molecule has 0 aromatic heterocycles. The Labute approximate surface area is 71.5 Å². The van der Waals surface area contributed by atoms with Gasteiger partial charge in [0.25, 0.3) is 0 Å². The maximum atomic E-state index is 11.0. The molecule has 0 unspecified atom stereocenters. The zero-order chi connectivity index (χ0) is 6.85. The molecule has 0 aromatic rings. The molecule has 1 aliphatic rings. The first-order chi connectivity index (χ1) is 4.22. The second-order valence-corrected chi connectivity index (χ2v) is 4.48. The average Bonchev–Trinajstić information content (AvgIpc) is 1.83. The summed E-state index contributed by atoms with van der Waals surface area (Å²) in [7, 11) is 0. The Morgan fingerprint density at radius 1 is 1.22 bits per heavy atom. The zero-order valence-corrected chi connectivity index (χ0v) is 8.11. The summed E-state index contributed by atoms with van der Waals surface area (Å²) in [5.41, 5.74) is 0. The van der Waals surface area contributed by atoms with E-state index in [2.05, 4.69) is 31.9 Å². The minimum atomic E-state index is 0.107. The first-order valence-electron chi connectivity index (χ1n) is 3.03. The molecule has 0 spiro atoms. The van der Waals surface area contributed by atoms with Crippen LogP contribution in [-0.4, -0.2) is 15.4 Å². The van der Waals surface area contributed by atoms with Gasteiger partial charge in [0.1, 0.15) is 0 Å². The Bertz CT molecular complexity index is 112. The summed E-state index contributed by atoms with van der Waals surface area (Å²) in [6, 6.07) is 0. The van der Waals surface area contributed by atoms with Crippen LogP contribution in [0.1, 0.15) is 19.3 Å². The van der Waals surface area contributed by atoms with Crippen molar-refractivity contribution < 1.29 is 4.79 Å². The minimum absolute atomic E-state index is 0.107. The van der Waals surface area contributed by atoms with Crippen molar-refractivity contribution in [3.05, 3.63) is 0 Å². The molecule has 9 heavy (non-hydrogen) atoms. The number of hydrogen-bond donors (Lipinski definition) is 0. The maximum Gasteiger partial charge on any atom is 0.160 e. The maximum absolute atomic E-state index is 11.0. The van der Waals surface area contributed by atoms with Crippen LogP contribution in [0.25, 0.3) is 0 Å². The van der Waals surface area contributed by atoms with Gasteiger partial charge >= 0.3 is 0 Å². The number of ketones is 1. The average molecular weight is 256 g/mol. The second kappa shape index (κ2) is 3.15. The summed E-state index contributed by atoms with van der Waals surface area (Å²) >= 11 is 6.63. The molecule has 0 amide bonds. The van der Waals surface area contributed by atoms with Crippen LogP contribution >= 0.6 is 31.9 Å². The molecule has 1 nitrogen and oxygen atoms in total. The van der Waals surface area contributed by atoms with E-state index < -0.39 is 0 Å². The van der Waals surface area contributed by atoms with E-state index in [0.29, 0.717) is 5.78 Å². The third kappa shape index (κ3) is 1.77. The first-order valence-corrected chi connectivity index (χ1v) is 4.87. The molecule has 52 valence electrons. The van der Waals surface area contributed by atoms with Crippen molar-refractivity contribution in [2.24, 2.45) is 0 Å². The fraction of sp³-hybridized carbons (Fsp3) is 0.833. The lowest BCUT2D eigenvalue weighted by Gasteiger charge is -2.18. The Balaban J connectivity index is 2.52. The number of Topliss-reactive ketones (excluding diaryl/α,β-unsaturated/α-hetero) is 1. The highest BCUT2D eigenvalue weighted by Crippen LogP contribution is 2.25. The molecule has 3 heteroatoms. The lowest BCUT2D eigenvalue weighted by molar-refractivity contribution is -0.118. The highest BCUT2D eigenvalue weighted by Gasteiger charge is 2.26. The third-order valence-corrected chi connectivity index (χ3v) is 3.35. The van der Waals surface area contributed by atoms with Crippen LogP contribution in [0.4, 0.5) is 0 Å². The third-order valence-electron chi connectivity index (χ3n) is 1.53. The predicted octanol–water partition coefficient (Wildman–Crippen LogP) is 2.27. The molecule has 0 bridgehead atoms. The predicted molar refractivity (Wildman–Crippen MR) is 44.3 cm³/mol. The summed E-state index contributed by atoms with van der Waals surface area (Å²) in [4.78, 5) is 11.2. The van der Waals surface area contributed by atoms with Crippen LogP contribution in [0.3, 0.4) is 0 Å². The van der Waals surface area contributed by atoms with Gasteiger partial charge in [0.2, 0.25) is 0 Å². The van der Waals surface area contributed by atoms with Crippen LogP contribution in [-0.2, 0) is 4.79 Å². The number of carbonyl (C=O) groups excluding carboxylic acids is 1. The lowest BCUT2D eigenvalue weighted by Crippen LogP contribution is -2.28. The molecular weight excluding hydrogens is 248 g/mol. The van der Waals surface area contributed by atoms with E-state index in [4.69, 9.17) is 0 Å². The molecule has 1 saturated carbocycles. The quantitative estimate of drug-likeness (QED) is 0.607. The van der Waals surface area contributed by atoms with Crippen molar-refractivity contribution in [2.45, 2.75) is 28.9 Å². The van der Waals surface area contributed by atoms with Crippen molar-refractivity contribution in [2.75, 3.05) is 0 Å². The second-order valence-electron chi connectivity index (χ2n) is 2.27. The lowest BCUT2D eigenvalue weighted by atomic mass is 9.99. The van der Waals surface area contributed by atoms with Crippen molar-refractivity contribution in [1.29, 1.82) is 0 Å². The van der Waals surface area contributed by atoms with Gasteiger partial charge in [0, 0.05) is 0 Å². The topological polar surface area (TPSA) is 17.1 Å². The van der Waals surface area contributed by atoms with Crippen LogP contribution in [0, 0.1) is 0 Å². The smallest absolute Gasteiger partial charge is 0.160 e. The summed E-state index contributed by atoms with van der Waals surface area (Å²) in [5.74, 6) is 0.307. The molecule has 0 N–H and O–H groups in total. The highest BCUT2D eigenvalue weighted by atomic mass is 79.9. The Kier molecular flexibility index (Phi) is 2.71. The van der Waals surface area contributed by atoms with Crippen molar-refractivity contribution in [3.63, 3.8) is 0 Å². The molecule has 0 heterocycles. The van der Waals surface area contributed by atoms with Gasteiger partial charge in [-0.1, -0.05) is 38.3 Å². The molecule has 0 radical (unpaired) electrons. The number of carbonyl (C=O) groups is 1. The van der Waals surface area contributed by atoms with Gasteiger partial charge in [-0.3, -0.25) is 4.79 Å². The Morgan fingerprint density at radius 2 is 1.67 bits per heavy atom. The summed E-state index contributed by atoms with van der Waals surface area (Å²) in [6.07, 6.45) is 3.15. The molecule has 0 aliphatic heterocycles. The highest BCUT2D eigenvalue weighted by molar-refractivity contribution is 9.10. The standard InChI is InChI=1S/C6H8Br2O/c7-4-2-1-3-5(8)6(4)9/h4-5H,1-3H2/t4-,5-/m1/s1. The molecule has 1 fully saturated rings. The minimum Gasteiger partial charge on any atom is -0.297 e. The van der Waals surface area contributed by atoms with Crippen LogP contribution < -0.4 is 0 Å². The van der Waals surface area contributed by atoms with Crippen LogP contribution in [0.5, 0.6) is 0 Å². The molecule has 1 rings (SSSR count). The Hall–Kier alpha value is 0.630. The van der Waals surface area contributed by atoms with Crippen molar-refractivity contribution in [3.8, 4) is 0 Å². The monoisotopic (exact) mass is 254 g/mol. The van der Waals surface area contributed by atoms with Crippen molar-refractivity contribution in [1.82, 2.24) is 0 Å². The van der Waals surface area contributed by atoms with Gasteiger partial charge in [-0.2, -0.15) is 0 Å². The fourth-order valence-corrected chi connectivity index (χ4v) is 2.60. The number of hydrogen-bond acceptors (Lipinski definition) is 1. The largest absolute Gasteiger partial charge is 0.297 e. The number of halogens is 2. The summed E-state index contributed by atoms with van der Waals surface area (Å²) in [5, 5.41) is 0. The Morgan fingerprint density at radius 3 is 2.00 bits per heavy atom. The van der Waals surface area contributed by atoms with Crippen LogP contribution in [0.15, 0.2) is 0 Å². The molecular formula is C6H8Br2O. The van der Waals surface area contributed by atoms with E-state index >= 15 is 0 Å². The van der Waals surface area contributed by atoms with E-state index in [0.717, 1.165) is 19.3 Å². The molecule has 1 aliphatic carbocycles. The van der Waals surface area contributed by atoms with E-state index in [-0.39, 0.29) is 9.65 Å². The van der Waals surface area contributed by atoms with Gasteiger partial charge in [0.05, 0.1) is 9.65 Å². The fourth-order valence-electron chi connectivity index (χ4n) is 0.957. The summed E-state index contributed by atoms with van der Waals surface area (Å²) < 4.78 is 0. The van der Waals surface area contributed by atoms with Gasteiger partial charge < -0.3 is 0 Å². The molecule has 2 atom stereocenters. The zero-order valence-electron chi connectivity index (χ0n) is 4.94. The van der Waals surface area contributed by atoms with Gasteiger partial charge in [0.15, 0.2) is 5.78 Å². The first kappa shape index (κ1) is 7.73. The van der Waals surface area contributed by atoms with E-state index in [9.17, 15) is 4.79 Å². The number of rotatable bonds is 0. The van der Waals surface area contributed by atoms with Gasteiger partial charge in [-0.05, 0) is 12.8 Å². The molecule has 0 saturated heterocycles. The van der Waals surface area contributed by atoms with Gasteiger partial charge in [-0.15, -0.1) is 0 Å². The normalized spacial score (nSPS) is 36.9. The van der Waals surface area contributed by atoms with Crippen LogP contribution in [0.2, 0.25) is 0 Å². The van der Waals surface area contributed by atoms with Gasteiger partial charge in [-0.25, -0.2) is 0 Å². The van der Waals surface area contributed by atoms with E-state index in [1.54, 1.807) is 0 Å². The number of alkyl halides is 2. The SMILES string of the molecule is O=C1[C@H](Br)CCC[C@H]1Br. The summed E-state index contributed by atoms with van der Waals surface area (Å²) in [6.45, 7) is 0. The van der Waals surface area contributed by atoms with E-state index in [1.807, 2.05) is 0 Å². The molecule has 0 aromatic carbocycles.